The Morgan fingerprint density at radius 1 is 1.35 bits per heavy atom. The van der Waals surface area contributed by atoms with Crippen molar-refractivity contribution in [3.05, 3.63) is 0 Å². The van der Waals surface area contributed by atoms with Gasteiger partial charge in [0, 0.05) is 12.6 Å². The maximum Gasteiger partial charge on any atom is 0.407 e. The number of hydrogen-bond acceptors (Lipinski definition) is 3. The van der Waals surface area contributed by atoms with Crippen LogP contribution >= 0.6 is 0 Å². The maximum absolute atomic E-state index is 11.5. The van der Waals surface area contributed by atoms with Gasteiger partial charge in [-0.3, -0.25) is 0 Å². The van der Waals surface area contributed by atoms with Crippen LogP contribution in [0.1, 0.15) is 39.0 Å². The lowest BCUT2D eigenvalue weighted by Crippen LogP contribution is -2.49. The van der Waals surface area contributed by atoms with Crippen LogP contribution < -0.4 is 10.6 Å². The summed E-state index contributed by atoms with van der Waals surface area (Å²) < 4.78 is 5.12. The van der Waals surface area contributed by atoms with Gasteiger partial charge in [0.2, 0.25) is 0 Å². The average Bonchev–Trinajstić information content (AvgIpc) is 3.13. The van der Waals surface area contributed by atoms with Crippen LogP contribution in [-0.2, 0) is 4.74 Å². The number of amides is 1. The van der Waals surface area contributed by atoms with E-state index >= 15 is 0 Å². The molecule has 0 radical (unpaired) electrons. The average molecular weight is 240 g/mol. The lowest BCUT2D eigenvalue weighted by molar-refractivity contribution is 0.135. The standard InChI is InChI=1S/C13H24N2O2/c1-2-3-6-17-13(16)15-12-7-11(8-14-9-12)10-4-5-10/h10-12,14H,2-9H2,1H3,(H,15,16). The molecule has 17 heavy (non-hydrogen) atoms. The lowest BCUT2D eigenvalue weighted by Gasteiger charge is -2.30. The number of carbonyl (C=O) groups is 1. The van der Waals surface area contributed by atoms with Gasteiger partial charge in [-0.2, -0.15) is 0 Å². The summed E-state index contributed by atoms with van der Waals surface area (Å²) in [5.41, 5.74) is 0. The predicted octanol–water partition coefficient (Wildman–Crippen LogP) is 1.90. The van der Waals surface area contributed by atoms with E-state index in [1.807, 2.05) is 0 Å². The van der Waals surface area contributed by atoms with Crippen LogP contribution in [0.4, 0.5) is 4.79 Å². The Balaban J connectivity index is 1.65. The van der Waals surface area contributed by atoms with Crippen LogP contribution in [0.25, 0.3) is 0 Å². The molecule has 2 unspecified atom stereocenters. The number of alkyl carbamates (subject to hydrolysis) is 1. The minimum Gasteiger partial charge on any atom is -0.450 e. The SMILES string of the molecule is CCCCOC(=O)NC1CNCC(C2CC2)C1. The third kappa shape index (κ3) is 4.19. The molecule has 98 valence electrons. The predicted molar refractivity (Wildman–Crippen MR) is 66.9 cm³/mol. The van der Waals surface area contributed by atoms with Gasteiger partial charge >= 0.3 is 6.09 Å². The maximum atomic E-state index is 11.5. The van der Waals surface area contributed by atoms with Gasteiger partial charge in [0.15, 0.2) is 0 Å². The van der Waals surface area contributed by atoms with E-state index < -0.39 is 0 Å². The third-order valence-corrected chi connectivity index (χ3v) is 3.73. The number of ether oxygens (including phenoxy) is 1. The van der Waals surface area contributed by atoms with Crippen molar-refractivity contribution in [3.63, 3.8) is 0 Å². The molecule has 1 saturated carbocycles. The van der Waals surface area contributed by atoms with Gasteiger partial charge < -0.3 is 15.4 Å². The molecule has 1 aliphatic carbocycles. The van der Waals surface area contributed by atoms with Crippen LogP contribution in [0.15, 0.2) is 0 Å². The molecule has 4 nitrogen and oxygen atoms in total. The molecule has 2 rings (SSSR count). The van der Waals surface area contributed by atoms with Crippen molar-refractivity contribution >= 4 is 6.09 Å². The summed E-state index contributed by atoms with van der Waals surface area (Å²) >= 11 is 0. The van der Waals surface area contributed by atoms with Gasteiger partial charge in [0.1, 0.15) is 0 Å². The normalized spacial score (nSPS) is 28.8. The number of carbonyl (C=O) groups excluding carboxylic acids is 1. The van der Waals surface area contributed by atoms with Crippen LogP contribution in [0.5, 0.6) is 0 Å². The molecule has 2 N–H and O–H groups in total. The monoisotopic (exact) mass is 240 g/mol. The molecule has 2 fully saturated rings. The van der Waals surface area contributed by atoms with Crippen LogP contribution in [-0.4, -0.2) is 31.8 Å². The van der Waals surface area contributed by atoms with Gasteiger partial charge in [-0.1, -0.05) is 13.3 Å². The Morgan fingerprint density at radius 2 is 2.18 bits per heavy atom. The van der Waals surface area contributed by atoms with E-state index in [1.54, 1.807) is 0 Å². The molecule has 0 bridgehead atoms. The number of nitrogens with one attached hydrogen (secondary N) is 2. The van der Waals surface area contributed by atoms with Gasteiger partial charge in [-0.25, -0.2) is 4.79 Å². The highest BCUT2D eigenvalue weighted by atomic mass is 16.5. The Morgan fingerprint density at radius 3 is 2.88 bits per heavy atom. The quantitative estimate of drug-likeness (QED) is 0.722. The summed E-state index contributed by atoms with van der Waals surface area (Å²) in [6, 6.07) is 0.253. The van der Waals surface area contributed by atoms with E-state index in [2.05, 4.69) is 17.6 Å². The van der Waals surface area contributed by atoms with E-state index in [4.69, 9.17) is 4.74 Å². The van der Waals surface area contributed by atoms with E-state index in [0.717, 1.165) is 44.2 Å². The molecule has 2 aliphatic rings. The second-order valence-electron chi connectivity index (χ2n) is 5.32. The van der Waals surface area contributed by atoms with E-state index in [0.29, 0.717) is 6.61 Å². The summed E-state index contributed by atoms with van der Waals surface area (Å²) in [4.78, 5) is 11.5. The van der Waals surface area contributed by atoms with Crippen LogP contribution in [0.2, 0.25) is 0 Å². The van der Waals surface area contributed by atoms with Gasteiger partial charge in [-0.15, -0.1) is 0 Å². The summed E-state index contributed by atoms with van der Waals surface area (Å²) in [6.45, 7) is 4.63. The molecule has 4 heteroatoms. The molecule has 1 amide bonds. The molecule has 0 aromatic heterocycles. The summed E-state index contributed by atoms with van der Waals surface area (Å²) in [6.07, 6.45) is 5.62. The minimum absolute atomic E-state index is 0.248. The van der Waals surface area contributed by atoms with E-state index in [9.17, 15) is 4.79 Å². The van der Waals surface area contributed by atoms with Crippen LogP contribution in [0, 0.1) is 11.8 Å². The highest BCUT2D eigenvalue weighted by molar-refractivity contribution is 5.67. The van der Waals surface area contributed by atoms with Gasteiger partial charge in [0.25, 0.3) is 0 Å². The summed E-state index contributed by atoms with van der Waals surface area (Å²) in [7, 11) is 0. The minimum atomic E-state index is -0.248. The first-order valence-corrected chi connectivity index (χ1v) is 6.93. The van der Waals surface area contributed by atoms with Gasteiger partial charge in [-0.05, 0) is 44.1 Å². The fourth-order valence-electron chi connectivity index (χ4n) is 2.53. The molecule has 0 spiro atoms. The Labute approximate surface area is 103 Å². The van der Waals surface area contributed by atoms with Crippen molar-refractivity contribution in [3.8, 4) is 0 Å². The topological polar surface area (TPSA) is 50.4 Å². The van der Waals surface area contributed by atoms with Crippen molar-refractivity contribution in [2.45, 2.75) is 45.1 Å². The molecule has 0 aromatic carbocycles. The zero-order valence-electron chi connectivity index (χ0n) is 10.7. The molecule has 0 aromatic rings. The van der Waals surface area contributed by atoms with Crippen molar-refractivity contribution in [2.24, 2.45) is 11.8 Å². The zero-order chi connectivity index (χ0) is 12.1. The zero-order valence-corrected chi connectivity index (χ0v) is 10.7. The summed E-state index contributed by atoms with van der Waals surface area (Å²) in [5, 5.41) is 6.38. The number of rotatable bonds is 5. The van der Waals surface area contributed by atoms with E-state index in [1.165, 1.54) is 12.8 Å². The fourth-order valence-corrected chi connectivity index (χ4v) is 2.53. The van der Waals surface area contributed by atoms with Crippen molar-refractivity contribution in [2.75, 3.05) is 19.7 Å². The van der Waals surface area contributed by atoms with E-state index in [-0.39, 0.29) is 12.1 Å². The lowest BCUT2D eigenvalue weighted by atomic mass is 9.91. The molecular formula is C13H24N2O2. The fraction of sp³-hybridized carbons (Fsp3) is 0.923. The molecule has 1 aliphatic heterocycles. The molecule has 1 saturated heterocycles. The number of unbranched alkanes of at least 4 members (excludes halogenated alkanes) is 1. The van der Waals surface area contributed by atoms with Crippen molar-refractivity contribution < 1.29 is 9.53 Å². The van der Waals surface area contributed by atoms with Crippen molar-refractivity contribution in [1.82, 2.24) is 10.6 Å². The Bertz CT molecular complexity index is 254. The van der Waals surface area contributed by atoms with Crippen LogP contribution in [0.3, 0.4) is 0 Å². The first-order chi connectivity index (χ1) is 8.29. The number of hydrogen-bond donors (Lipinski definition) is 2. The highest BCUT2D eigenvalue weighted by Crippen LogP contribution is 2.39. The number of piperidine rings is 1. The molecule has 2 atom stereocenters. The van der Waals surface area contributed by atoms with Crippen molar-refractivity contribution in [1.29, 1.82) is 0 Å². The summed E-state index contributed by atoms with van der Waals surface area (Å²) in [5.74, 6) is 1.66. The first-order valence-electron chi connectivity index (χ1n) is 6.93. The largest absolute Gasteiger partial charge is 0.450 e. The molecule has 1 heterocycles. The second kappa shape index (κ2) is 6.24. The van der Waals surface area contributed by atoms with Gasteiger partial charge in [0.05, 0.1) is 6.61 Å². The highest BCUT2D eigenvalue weighted by Gasteiger charge is 2.35. The third-order valence-electron chi connectivity index (χ3n) is 3.73. The second-order valence-corrected chi connectivity index (χ2v) is 5.32. The Hall–Kier alpha value is -0.770. The smallest absolute Gasteiger partial charge is 0.407 e. The first kappa shape index (κ1) is 12.7. The molecular weight excluding hydrogens is 216 g/mol. The Kier molecular flexibility index (Phi) is 4.66.